The van der Waals surface area contributed by atoms with Crippen LogP contribution in [0.1, 0.15) is 25.7 Å². The molecule has 1 aromatic carbocycles. The van der Waals surface area contributed by atoms with Gasteiger partial charge in [0.25, 0.3) is 0 Å². The molecule has 0 radical (unpaired) electrons. The predicted molar refractivity (Wildman–Crippen MR) is 73.2 cm³/mol. The maximum atomic E-state index is 12.5. The van der Waals surface area contributed by atoms with Gasteiger partial charge in [0.05, 0.1) is 11.4 Å². The summed E-state index contributed by atoms with van der Waals surface area (Å²) in [6.07, 6.45) is 5.06. The third-order valence-corrected chi connectivity index (χ3v) is 4.57. The molecule has 3 nitrogen and oxygen atoms in total. The van der Waals surface area contributed by atoms with Gasteiger partial charge >= 0.3 is 0 Å². The highest BCUT2D eigenvalue weighted by molar-refractivity contribution is 5.99. The Morgan fingerprint density at radius 1 is 1.22 bits per heavy atom. The van der Waals surface area contributed by atoms with Crippen molar-refractivity contribution >= 4 is 17.3 Å². The molecular formula is C15H20N2O. The summed E-state index contributed by atoms with van der Waals surface area (Å²) in [6, 6.07) is 7.59. The lowest BCUT2D eigenvalue weighted by Crippen LogP contribution is -2.29. The number of para-hydroxylation sites is 2. The maximum Gasteiger partial charge on any atom is 0.230 e. The molecule has 2 unspecified atom stereocenters. The van der Waals surface area contributed by atoms with E-state index < -0.39 is 0 Å². The number of nitrogens with zero attached hydrogens (tertiary/aromatic N) is 1. The molecular weight excluding hydrogens is 224 g/mol. The first-order chi connectivity index (χ1) is 8.70. The van der Waals surface area contributed by atoms with E-state index in [9.17, 15) is 4.79 Å². The molecule has 3 rings (SSSR count). The van der Waals surface area contributed by atoms with Gasteiger partial charge in [0.1, 0.15) is 0 Å². The molecule has 0 heterocycles. The second-order valence-corrected chi connectivity index (χ2v) is 5.59. The minimum atomic E-state index is 0.254. The van der Waals surface area contributed by atoms with Crippen LogP contribution in [-0.4, -0.2) is 13.0 Å². The third-order valence-electron chi connectivity index (χ3n) is 4.57. The van der Waals surface area contributed by atoms with Crippen molar-refractivity contribution in [3.8, 4) is 0 Å². The molecule has 0 aromatic heterocycles. The molecule has 2 atom stereocenters. The van der Waals surface area contributed by atoms with E-state index >= 15 is 0 Å². The highest BCUT2D eigenvalue weighted by Gasteiger charge is 2.55. The number of benzene rings is 1. The maximum absolute atomic E-state index is 12.5. The Bertz CT molecular complexity index is 459. The summed E-state index contributed by atoms with van der Waals surface area (Å²) in [4.78, 5) is 14.2. The Kier molecular flexibility index (Phi) is 2.77. The molecule has 2 N–H and O–H groups in total. The molecule has 0 bridgehead atoms. The molecule has 3 heteroatoms. The summed E-state index contributed by atoms with van der Waals surface area (Å²) in [5, 5.41) is 0. The monoisotopic (exact) mass is 244 g/mol. The van der Waals surface area contributed by atoms with Crippen LogP contribution in [0, 0.1) is 17.8 Å². The zero-order valence-corrected chi connectivity index (χ0v) is 10.8. The van der Waals surface area contributed by atoms with Crippen molar-refractivity contribution in [3.63, 3.8) is 0 Å². The van der Waals surface area contributed by atoms with E-state index in [0.29, 0.717) is 17.5 Å². The van der Waals surface area contributed by atoms with Crippen LogP contribution in [0.2, 0.25) is 0 Å². The molecule has 18 heavy (non-hydrogen) atoms. The first kappa shape index (κ1) is 11.6. The largest absolute Gasteiger partial charge is 0.397 e. The SMILES string of the molecule is CN(C(=O)C1C2CCCCC21)c1ccccc1N. The van der Waals surface area contributed by atoms with E-state index in [4.69, 9.17) is 5.73 Å². The van der Waals surface area contributed by atoms with E-state index in [-0.39, 0.29) is 11.8 Å². The first-order valence-corrected chi connectivity index (χ1v) is 6.82. The van der Waals surface area contributed by atoms with Crippen molar-refractivity contribution in [1.29, 1.82) is 0 Å². The van der Waals surface area contributed by atoms with E-state index in [0.717, 1.165) is 5.69 Å². The van der Waals surface area contributed by atoms with Gasteiger partial charge in [0.15, 0.2) is 0 Å². The Morgan fingerprint density at radius 3 is 2.44 bits per heavy atom. The molecule has 2 aliphatic carbocycles. The standard InChI is InChI=1S/C15H20N2O/c1-17(13-9-5-4-8-12(13)16)15(18)14-10-6-2-3-7-11(10)14/h4-5,8-11,14H,2-3,6-7,16H2,1H3. The molecule has 0 spiro atoms. The smallest absolute Gasteiger partial charge is 0.230 e. The fourth-order valence-corrected chi connectivity index (χ4v) is 3.49. The number of anilines is 2. The van der Waals surface area contributed by atoms with Crippen molar-refractivity contribution in [3.05, 3.63) is 24.3 Å². The highest BCUT2D eigenvalue weighted by Crippen LogP contribution is 2.56. The van der Waals surface area contributed by atoms with Gasteiger partial charge in [-0.05, 0) is 36.8 Å². The van der Waals surface area contributed by atoms with Gasteiger partial charge in [-0.3, -0.25) is 4.79 Å². The average Bonchev–Trinajstić information content (AvgIpc) is 3.12. The predicted octanol–water partition coefficient (Wildman–Crippen LogP) is 2.67. The molecule has 0 aliphatic heterocycles. The van der Waals surface area contributed by atoms with Gasteiger partial charge in [-0.2, -0.15) is 0 Å². The Balaban J connectivity index is 1.75. The van der Waals surface area contributed by atoms with E-state index in [1.807, 2.05) is 31.3 Å². The van der Waals surface area contributed by atoms with Gasteiger partial charge in [-0.15, -0.1) is 0 Å². The van der Waals surface area contributed by atoms with Gasteiger partial charge in [-0.1, -0.05) is 25.0 Å². The number of carbonyl (C=O) groups is 1. The van der Waals surface area contributed by atoms with Gasteiger partial charge in [0, 0.05) is 13.0 Å². The summed E-state index contributed by atoms with van der Waals surface area (Å²) < 4.78 is 0. The van der Waals surface area contributed by atoms with E-state index in [1.165, 1.54) is 25.7 Å². The lowest BCUT2D eigenvalue weighted by Gasteiger charge is -2.19. The number of fused-ring (bicyclic) bond motifs is 1. The van der Waals surface area contributed by atoms with Crippen molar-refractivity contribution in [1.82, 2.24) is 0 Å². The van der Waals surface area contributed by atoms with Crippen molar-refractivity contribution in [2.24, 2.45) is 17.8 Å². The fourth-order valence-electron chi connectivity index (χ4n) is 3.49. The zero-order valence-electron chi connectivity index (χ0n) is 10.8. The number of nitrogen functional groups attached to an aromatic ring is 1. The van der Waals surface area contributed by atoms with Crippen LogP contribution in [0.15, 0.2) is 24.3 Å². The van der Waals surface area contributed by atoms with Gasteiger partial charge in [-0.25, -0.2) is 0 Å². The van der Waals surface area contributed by atoms with E-state index in [1.54, 1.807) is 4.90 Å². The van der Waals surface area contributed by atoms with Crippen LogP contribution < -0.4 is 10.6 Å². The highest BCUT2D eigenvalue weighted by atomic mass is 16.2. The molecule has 1 aromatic rings. The van der Waals surface area contributed by atoms with Crippen LogP contribution in [0.5, 0.6) is 0 Å². The minimum absolute atomic E-state index is 0.254. The Morgan fingerprint density at radius 2 is 1.83 bits per heavy atom. The molecule has 2 saturated carbocycles. The summed E-state index contributed by atoms with van der Waals surface area (Å²) in [5.41, 5.74) is 7.45. The second-order valence-electron chi connectivity index (χ2n) is 5.59. The third kappa shape index (κ3) is 1.78. The number of rotatable bonds is 2. The summed E-state index contributed by atoms with van der Waals surface area (Å²) in [6.45, 7) is 0. The topological polar surface area (TPSA) is 46.3 Å². The molecule has 2 aliphatic rings. The van der Waals surface area contributed by atoms with Crippen molar-refractivity contribution in [2.45, 2.75) is 25.7 Å². The molecule has 1 amide bonds. The molecule has 2 fully saturated rings. The molecule has 0 saturated heterocycles. The van der Waals surface area contributed by atoms with Gasteiger partial charge < -0.3 is 10.6 Å². The second kappa shape index (κ2) is 4.30. The average molecular weight is 244 g/mol. The Hall–Kier alpha value is -1.51. The number of nitrogens with two attached hydrogens (primary N) is 1. The number of hydrogen-bond donors (Lipinski definition) is 1. The van der Waals surface area contributed by atoms with Crippen LogP contribution in [0.4, 0.5) is 11.4 Å². The quantitative estimate of drug-likeness (QED) is 0.813. The summed E-state index contributed by atoms with van der Waals surface area (Å²) in [7, 11) is 1.85. The number of carbonyl (C=O) groups excluding carboxylic acids is 1. The lowest BCUT2D eigenvalue weighted by atomic mass is 10.0. The summed E-state index contributed by atoms with van der Waals surface area (Å²) in [5.74, 6) is 1.82. The summed E-state index contributed by atoms with van der Waals surface area (Å²) >= 11 is 0. The first-order valence-electron chi connectivity index (χ1n) is 6.82. The lowest BCUT2D eigenvalue weighted by molar-refractivity contribution is -0.120. The van der Waals surface area contributed by atoms with Crippen LogP contribution in [-0.2, 0) is 4.79 Å². The van der Waals surface area contributed by atoms with Crippen LogP contribution >= 0.6 is 0 Å². The van der Waals surface area contributed by atoms with E-state index in [2.05, 4.69) is 0 Å². The normalized spacial score (nSPS) is 29.5. The van der Waals surface area contributed by atoms with Crippen LogP contribution in [0.3, 0.4) is 0 Å². The van der Waals surface area contributed by atoms with Crippen molar-refractivity contribution < 1.29 is 4.79 Å². The Labute approximate surface area is 108 Å². The van der Waals surface area contributed by atoms with Crippen LogP contribution in [0.25, 0.3) is 0 Å². The minimum Gasteiger partial charge on any atom is -0.397 e. The van der Waals surface area contributed by atoms with Crippen molar-refractivity contribution in [2.75, 3.05) is 17.7 Å². The number of amides is 1. The fraction of sp³-hybridized carbons (Fsp3) is 0.533. The molecule has 96 valence electrons. The number of hydrogen-bond acceptors (Lipinski definition) is 2. The van der Waals surface area contributed by atoms with Gasteiger partial charge in [0.2, 0.25) is 5.91 Å². The zero-order chi connectivity index (χ0) is 12.7.